The first-order chi connectivity index (χ1) is 14.3. The van der Waals surface area contributed by atoms with Crippen LogP contribution in [0.3, 0.4) is 0 Å². The molecule has 14 heteroatoms. The number of hydrogen-bond acceptors (Lipinski definition) is 2. The maximum atomic E-state index is 13.8. The van der Waals surface area contributed by atoms with Crippen LogP contribution < -0.4 is 0 Å². The Labute approximate surface area is 173 Å². The van der Waals surface area contributed by atoms with Gasteiger partial charge in [-0.05, 0) is 0 Å². The molecule has 0 unspecified atom stereocenters. The lowest BCUT2D eigenvalue weighted by Gasteiger charge is -2.43. The van der Waals surface area contributed by atoms with Crippen LogP contribution in [-0.2, 0) is 20.7 Å². The Balaban J connectivity index is 4.28. The van der Waals surface area contributed by atoms with Gasteiger partial charge in [0.15, 0.2) is 0 Å². The molecule has 0 bridgehead atoms. The topological polar surface area (TPSA) is 18.5 Å². The second kappa shape index (κ2) is 8.96. The molecule has 0 aliphatic carbocycles. The molecule has 0 heterocycles. The lowest BCUT2D eigenvalue weighted by atomic mass is 9.80. The zero-order valence-electron chi connectivity index (χ0n) is 15.6. The third-order valence-electron chi connectivity index (χ3n) is 4.12. The molecule has 1 rings (SSSR count). The van der Waals surface area contributed by atoms with Crippen LogP contribution in [0.1, 0.15) is 11.1 Å². The van der Waals surface area contributed by atoms with E-state index in [1.165, 1.54) is 0 Å². The van der Waals surface area contributed by atoms with Crippen molar-refractivity contribution in [2.45, 2.75) is 35.9 Å². The van der Waals surface area contributed by atoms with Gasteiger partial charge in [-0.25, -0.2) is 0 Å². The normalized spacial score (nSPS) is 14.4. The second-order valence-corrected chi connectivity index (χ2v) is 6.10. The lowest BCUT2D eigenvalue weighted by molar-refractivity contribution is -0.398. The Morgan fingerprint density at radius 2 is 0.812 bits per heavy atom. The molecule has 2 nitrogen and oxygen atoms in total. The molecule has 0 fully saturated rings. The van der Waals surface area contributed by atoms with Crippen LogP contribution >= 0.6 is 0 Å². The number of halogens is 12. The van der Waals surface area contributed by atoms with E-state index in [1.54, 1.807) is 0 Å². The zero-order chi connectivity index (χ0) is 25.2. The molecule has 0 saturated carbocycles. The van der Waals surface area contributed by atoms with E-state index >= 15 is 0 Å². The van der Waals surface area contributed by atoms with Crippen LogP contribution in [0.15, 0.2) is 49.6 Å². The Kier molecular flexibility index (Phi) is 7.79. The minimum atomic E-state index is -6.55. The quantitative estimate of drug-likeness (QED) is 0.297. The number of alkyl halides is 12. The van der Waals surface area contributed by atoms with Crippen molar-refractivity contribution in [1.29, 1.82) is 0 Å². The molecule has 0 aliphatic rings. The first kappa shape index (κ1) is 27.8. The van der Waals surface area contributed by atoms with Crippen molar-refractivity contribution in [3.8, 4) is 0 Å². The van der Waals surface area contributed by atoms with Gasteiger partial charge >= 0.3 is 24.7 Å². The first-order valence-corrected chi connectivity index (χ1v) is 8.21. The summed E-state index contributed by atoms with van der Waals surface area (Å²) in [7, 11) is 0. The fourth-order valence-electron chi connectivity index (χ4n) is 2.88. The Bertz CT molecular complexity index is 707. The fraction of sp³-hybridized carbons (Fsp3) is 0.444. The van der Waals surface area contributed by atoms with Crippen molar-refractivity contribution >= 4 is 0 Å². The van der Waals surface area contributed by atoms with Crippen molar-refractivity contribution in [2.75, 3.05) is 13.2 Å². The molecular formula is C18H14F12O2. The minimum Gasteiger partial charge on any atom is -0.350 e. The number of benzene rings is 1. The maximum Gasteiger partial charge on any atom is 0.430 e. The first-order valence-electron chi connectivity index (χ1n) is 8.21. The van der Waals surface area contributed by atoms with Gasteiger partial charge in [-0.15, -0.1) is 13.2 Å². The van der Waals surface area contributed by atoms with Gasteiger partial charge in [0.2, 0.25) is 0 Å². The summed E-state index contributed by atoms with van der Waals surface area (Å²) in [6, 6.07) is 0.409. The summed E-state index contributed by atoms with van der Waals surface area (Å²) in [6.45, 7) is 2.67. The monoisotopic (exact) mass is 490 g/mol. The number of rotatable bonds is 8. The van der Waals surface area contributed by atoms with E-state index in [0.717, 1.165) is 0 Å². The van der Waals surface area contributed by atoms with Crippen LogP contribution in [0.25, 0.3) is 0 Å². The summed E-state index contributed by atoms with van der Waals surface area (Å²) in [5, 5.41) is 0. The van der Waals surface area contributed by atoms with E-state index in [4.69, 9.17) is 0 Å². The van der Waals surface area contributed by atoms with Crippen molar-refractivity contribution in [2.24, 2.45) is 0 Å². The Morgan fingerprint density at radius 1 is 0.562 bits per heavy atom. The van der Waals surface area contributed by atoms with Crippen LogP contribution in [0, 0.1) is 0 Å². The van der Waals surface area contributed by atoms with Crippen LogP contribution in [0.5, 0.6) is 0 Å². The molecule has 0 aliphatic heterocycles. The summed E-state index contributed by atoms with van der Waals surface area (Å²) in [4.78, 5) is 0. The molecule has 1 aromatic carbocycles. The fourth-order valence-corrected chi connectivity index (χ4v) is 2.88. The van der Waals surface area contributed by atoms with Crippen LogP contribution in [-0.4, -0.2) is 37.9 Å². The van der Waals surface area contributed by atoms with E-state index in [9.17, 15) is 52.7 Å². The highest BCUT2D eigenvalue weighted by Gasteiger charge is 2.79. The average molecular weight is 490 g/mol. The summed E-state index contributed by atoms with van der Waals surface area (Å²) in [5.41, 5.74) is -16.2. The van der Waals surface area contributed by atoms with E-state index in [0.29, 0.717) is 24.3 Å². The highest BCUT2D eigenvalue weighted by atomic mass is 19.4. The largest absolute Gasteiger partial charge is 0.430 e. The molecule has 0 N–H and O–H groups in total. The van der Waals surface area contributed by atoms with Gasteiger partial charge in [0.1, 0.15) is 0 Å². The van der Waals surface area contributed by atoms with E-state index < -0.39 is 60.2 Å². The van der Waals surface area contributed by atoms with Gasteiger partial charge in [-0.1, -0.05) is 36.4 Å². The molecule has 0 radical (unpaired) electrons. The van der Waals surface area contributed by atoms with E-state index in [2.05, 4.69) is 22.6 Å². The van der Waals surface area contributed by atoms with Gasteiger partial charge in [-0.3, -0.25) is 0 Å². The highest BCUT2D eigenvalue weighted by molar-refractivity contribution is 5.42. The third-order valence-corrected chi connectivity index (χ3v) is 4.12. The van der Waals surface area contributed by atoms with Crippen molar-refractivity contribution in [1.82, 2.24) is 0 Å². The molecule has 0 amide bonds. The number of hydrogen-bond donors (Lipinski definition) is 0. The van der Waals surface area contributed by atoms with Crippen molar-refractivity contribution in [3.63, 3.8) is 0 Å². The SMILES string of the molecule is C=CCOC(c1ccccc1C(OCC=C)(C(F)(F)F)C(F)(F)F)(C(F)(F)F)C(F)(F)F. The smallest absolute Gasteiger partial charge is 0.350 e. The van der Waals surface area contributed by atoms with Crippen molar-refractivity contribution < 1.29 is 62.2 Å². The molecule has 182 valence electrons. The Morgan fingerprint density at radius 3 is 1.00 bits per heavy atom. The summed E-state index contributed by atoms with van der Waals surface area (Å²) in [5.74, 6) is 0. The number of ether oxygens (including phenoxy) is 2. The predicted molar refractivity (Wildman–Crippen MR) is 86.3 cm³/mol. The molecule has 0 aromatic heterocycles. The predicted octanol–water partition coefficient (Wildman–Crippen LogP) is 6.73. The molecule has 0 spiro atoms. The zero-order valence-corrected chi connectivity index (χ0v) is 15.6. The lowest BCUT2D eigenvalue weighted by Crippen LogP contribution is -2.61. The third kappa shape index (κ3) is 4.47. The minimum absolute atomic E-state index is 0.192. The highest BCUT2D eigenvalue weighted by Crippen LogP contribution is 2.59. The molecule has 32 heavy (non-hydrogen) atoms. The van der Waals surface area contributed by atoms with Gasteiger partial charge in [-0.2, -0.15) is 52.7 Å². The summed E-state index contributed by atoms with van der Waals surface area (Å²) in [6.07, 6.45) is -25.4. The van der Waals surface area contributed by atoms with E-state index in [-0.39, 0.29) is 12.1 Å². The van der Waals surface area contributed by atoms with Gasteiger partial charge in [0.25, 0.3) is 11.2 Å². The maximum absolute atomic E-state index is 13.8. The standard InChI is InChI=1S/C18H14F12O2/c1-3-9-31-13(15(19,20)21,16(22,23)24)11-7-5-6-8-12(11)14(17(25,26)27,18(28,29)30)32-10-4-2/h3-8H,1-2,9-10H2. The van der Waals surface area contributed by atoms with Crippen LogP contribution in [0.4, 0.5) is 52.7 Å². The second-order valence-electron chi connectivity index (χ2n) is 6.10. The average Bonchev–Trinajstić information content (AvgIpc) is 2.59. The summed E-state index contributed by atoms with van der Waals surface area (Å²) >= 11 is 0. The molecular weight excluding hydrogens is 476 g/mol. The van der Waals surface area contributed by atoms with Gasteiger partial charge in [0, 0.05) is 11.1 Å². The Hall–Kier alpha value is -2.22. The molecule has 0 saturated heterocycles. The van der Waals surface area contributed by atoms with Crippen molar-refractivity contribution in [3.05, 3.63) is 60.7 Å². The van der Waals surface area contributed by atoms with Gasteiger partial charge < -0.3 is 9.47 Å². The van der Waals surface area contributed by atoms with E-state index in [1.807, 2.05) is 0 Å². The molecule has 0 atom stereocenters. The van der Waals surface area contributed by atoms with Gasteiger partial charge in [0.05, 0.1) is 13.2 Å². The molecule has 1 aromatic rings. The van der Waals surface area contributed by atoms with Crippen LogP contribution in [0.2, 0.25) is 0 Å². The summed E-state index contributed by atoms with van der Waals surface area (Å²) < 4.78 is 173.